The molecule has 0 aliphatic heterocycles. The van der Waals surface area contributed by atoms with Crippen molar-refractivity contribution in [1.29, 1.82) is 0 Å². The van der Waals surface area contributed by atoms with E-state index >= 15 is 0 Å². The largest absolute Gasteiger partial charge is 0.416 e. The van der Waals surface area contributed by atoms with Gasteiger partial charge in [0, 0.05) is 12.2 Å². The highest BCUT2D eigenvalue weighted by Gasteiger charge is 2.39. The van der Waals surface area contributed by atoms with Crippen LogP contribution in [0, 0.1) is 13.8 Å². The molecular formula is C20H20F6N2O3S. The topological polar surface area (TPSA) is 66.5 Å². The summed E-state index contributed by atoms with van der Waals surface area (Å²) < 4.78 is 105. The molecule has 5 nitrogen and oxygen atoms in total. The second-order valence-corrected chi connectivity index (χ2v) is 8.93. The second-order valence-electron chi connectivity index (χ2n) is 6.99. The van der Waals surface area contributed by atoms with Gasteiger partial charge in [0.05, 0.1) is 22.6 Å². The lowest BCUT2D eigenvalue weighted by Gasteiger charge is -2.22. The molecule has 0 unspecified atom stereocenters. The Morgan fingerprint density at radius 1 is 0.938 bits per heavy atom. The molecule has 0 saturated heterocycles. The van der Waals surface area contributed by atoms with Gasteiger partial charge in [0.2, 0.25) is 15.9 Å². The number of amides is 1. The zero-order valence-corrected chi connectivity index (χ0v) is 18.0. The number of carbonyl (C=O) groups is 1. The highest BCUT2D eigenvalue weighted by molar-refractivity contribution is 7.89. The highest BCUT2D eigenvalue weighted by Crippen LogP contribution is 2.37. The molecule has 0 saturated carbocycles. The van der Waals surface area contributed by atoms with Crippen LogP contribution < -0.4 is 5.32 Å². The fourth-order valence-electron chi connectivity index (χ4n) is 2.94. The molecule has 0 heterocycles. The molecule has 0 aliphatic carbocycles. The van der Waals surface area contributed by atoms with Crippen molar-refractivity contribution in [2.45, 2.75) is 38.0 Å². The number of likely N-dealkylation sites (N-methyl/N-ethyl adjacent to an activating group) is 1. The molecule has 2 aromatic rings. The Bertz CT molecular complexity index is 1060. The lowest BCUT2D eigenvalue weighted by molar-refractivity contribution is -0.143. The average Bonchev–Trinajstić information content (AvgIpc) is 2.67. The minimum absolute atomic E-state index is 0.122. The summed E-state index contributed by atoms with van der Waals surface area (Å²) in [5.41, 5.74) is -1.71. The number of halogens is 6. The van der Waals surface area contributed by atoms with Crippen LogP contribution in [0.5, 0.6) is 0 Å². The SMILES string of the molecule is CCN(CC(=O)Nc1c(C)cccc1C)S(=O)(=O)c1cc(C(F)(F)F)cc(C(F)(F)F)c1. The van der Waals surface area contributed by atoms with Gasteiger partial charge in [-0.1, -0.05) is 25.1 Å². The third-order valence-electron chi connectivity index (χ3n) is 4.62. The number of nitrogens with zero attached hydrogens (tertiary/aromatic N) is 1. The zero-order chi connectivity index (χ0) is 24.5. The predicted molar refractivity (Wildman–Crippen MR) is 105 cm³/mol. The average molecular weight is 482 g/mol. The van der Waals surface area contributed by atoms with E-state index in [0.717, 1.165) is 0 Å². The molecule has 0 atom stereocenters. The van der Waals surface area contributed by atoms with E-state index in [1.165, 1.54) is 6.92 Å². The van der Waals surface area contributed by atoms with Crippen molar-refractivity contribution in [3.05, 3.63) is 58.7 Å². The second kappa shape index (κ2) is 9.10. The van der Waals surface area contributed by atoms with Gasteiger partial charge >= 0.3 is 12.4 Å². The normalized spacial score (nSPS) is 12.8. The fourth-order valence-corrected chi connectivity index (χ4v) is 4.42. The Labute approximate surface area is 181 Å². The summed E-state index contributed by atoms with van der Waals surface area (Å²) in [4.78, 5) is 11.2. The van der Waals surface area contributed by atoms with Gasteiger partial charge in [0.15, 0.2) is 0 Å². The standard InChI is InChI=1S/C20H20F6N2O3S/c1-4-28(11-17(29)27-18-12(2)6-5-7-13(18)3)32(30,31)16-9-14(19(21,22)23)8-15(10-16)20(24,25)26/h5-10H,4,11H2,1-3H3,(H,27,29). The van der Waals surface area contributed by atoms with Crippen molar-refractivity contribution in [1.82, 2.24) is 4.31 Å². The molecule has 176 valence electrons. The number of sulfonamides is 1. The van der Waals surface area contributed by atoms with Crippen molar-refractivity contribution in [2.24, 2.45) is 0 Å². The van der Waals surface area contributed by atoms with Gasteiger partial charge in [-0.25, -0.2) is 8.42 Å². The third kappa shape index (κ3) is 5.80. The molecule has 0 spiro atoms. The summed E-state index contributed by atoms with van der Waals surface area (Å²) in [6.45, 7) is 3.56. The Balaban J connectivity index is 2.43. The van der Waals surface area contributed by atoms with E-state index in [4.69, 9.17) is 0 Å². The number of alkyl halides is 6. The molecule has 0 aliphatic rings. The number of benzene rings is 2. The van der Waals surface area contributed by atoms with E-state index in [-0.39, 0.29) is 24.7 Å². The molecular weight excluding hydrogens is 462 g/mol. The smallest absolute Gasteiger partial charge is 0.324 e. The molecule has 32 heavy (non-hydrogen) atoms. The summed E-state index contributed by atoms with van der Waals surface area (Å²) in [6, 6.07) is 5.24. The van der Waals surface area contributed by atoms with E-state index in [2.05, 4.69) is 5.32 Å². The van der Waals surface area contributed by atoms with Crippen LogP contribution in [0.25, 0.3) is 0 Å². The van der Waals surface area contributed by atoms with E-state index in [1.54, 1.807) is 32.0 Å². The fraction of sp³-hybridized carbons (Fsp3) is 0.350. The van der Waals surface area contributed by atoms with Gasteiger partial charge in [-0.2, -0.15) is 30.6 Å². The Morgan fingerprint density at radius 3 is 1.81 bits per heavy atom. The first-order valence-electron chi connectivity index (χ1n) is 9.23. The zero-order valence-electron chi connectivity index (χ0n) is 17.2. The number of rotatable bonds is 6. The van der Waals surface area contributed by atoms with Crippen LogP contribution in [0.2, 0.25) is 0 Å². The molecule has 12 heteroatoms. The monoisotopic (exact) mass is 482 g/mol. The van der Waals surface area contributed by atoms with Crippen LogP contribution >= 0.6 is 0 Å². The number of nitrogens with one attached hydrogen (secondary N) is 1. The Morgan fingerprint density at radius 2 is 1.41 bits per heavy atom. The van der Waals surface area contributed by atoms with Crippen molar-refractivity contribution in [3.63, 3.8) is 0 Å². The molecule has 0 bridgehead atoms. The minimum atomic E-state index is -5.21. The molecule has 0 aromatic heterocycles. The summed E-state index contributed by atoms with van der Waals surface area (Å²) >= 11 is 0. The van der Waals surface area contributed by atoms with Gasteiger partial charge in [-0.05, 0) is 43.2 Å². The number of para-hydroxylation sites is 1. The van der Waals surface area contributed by atoms with Gasteiger partial charge in [0.1, 0.15) is 0 Å². The van der Waals surface area contributed by atoms with E-state index in [1.807, 2.05) is 0 Å². The lowest BCUT2D eigenvalue weighted by Crippen LogP contribution is -2.38. The third-order valence-corrected chi connectivity index (χ3v) is 6.52. The van der Waals surface area contributed by atoms with E-state index in [0.29, 0.717) is 21.1 Å². The summed E-state index contributed by atoms with van der Waals surface area (Å²) in [5.74, 6) is -0.796. The van der Waals surface area contributed by atoms with Crippen LogP contribution in [0.3, 0.4) is 0 Å². The van der Waals surface area contributed by atoms with Crippen LogP contribution in [0.15, 0.2) is 41.3 Å². The van der Waals surface area contributed by atoms with Crippen molar-refractivity contribution in [3.8, 4) is 0 Å². The maximum absolute atomic E-state index is 13.1. The van der Waals surface area contributed by atoms with Crippen molar-refractivity contribution in [2.75, 3.05) is 18.4 Å². The molecule has 0 fully saturated rings. The first-order valence-corrected chi connectivity index (χ1v) is 10.7. The van der Waals surface area contributed by atoms with Crippen molar-refractivity contribution >= 4 is 21.6 Å². The molecule has 1 N–H and O–H groups in total. The van der Waals surface area contributed by atoms with Crippen molar-refractivity contribution < 1.29 is 39.6 Å². The number of hydrogen-bond acceptors (Lipinski definition) is 3. The van der Waals surface area contributed by atoms with E-state index in [9.17, 15) is 39.6 Å². The molecule has 2 aromatic carbocycles. The quantitative estimate of drug-likeness (QED) is 0.590. The van der Waals surface area contributed by atoms with Crippen LogP contribution in [-0.4, -0.2) is 31.7 Å². The maximum atomic E-state index is 13.1. The van der Waals surface area contributed by atoms with Crippen LogP contribution in [0.4, 0.5) is 32.0 Å². The summed E-state index contributed by atoms with van der Waals surface area (Å²) in [7, 11) is -4.85. The lowest BCUT2D eigenvalue weighted by atomic mass is 10.1. The van der Waals surface area contributed by atoms with Gasteiger partial charge in [0.25, 0.3) is 0 Å². The van der Waals surface area contributed by atoms with Crippen LogP contribution in [-0.2, 0) is 27.2 Å². The first-order chi connectivity index (χ1) is 14.6. The maximum Gasteiger partial charge on any atom is 0.416 e. The minimum Gasteiger partial charge on any atom is -0.324 e. The number of anilines is 1. The number of carbonyl (C=O) groups excluding carboxylic acids is 1. The van der Waals surface area contributed by atoms with Gasteiger partial charge < -0.3 is 5.32 Å². The Hall–Kier alpha value is -2.60. The first kappa shape index (κ1) is 25.7. The molecule has 2 rings (SSSR count). The summed E-state index contributed by atoms with van der Waals surface area (Å²) in [5, 5.41) is 2.53. The molecule has 1 amide bonds. The Kier molecular flexibility index (Phi) is 7.30. The highest BCUT2D eigenvalue weighted by atomic mass is 32.2. The number of aryl methyl sites for hydroxylation is 2. The summed E-state index contributed by atoms with van der Waals surface area (Å²) in [6.07, 6.45) is -10.4. The predicted octanol–water partition coefficient (Wildman–Crippen LogP) is 4.99. The van der Waals surface area contributed by atoms with E-state index < -0.39 is 50.9 Å². The number of hydrogen-bond donors (Lipinski definition) is 1. The van der Waals surface area contributed by atoms with Gasteiger partial charge in [-0.3, -0.25) is 4.79 Å². The molecule has 0 radical (unpaired) electrons. The van der Waals surface area contributed by atoms with Gasteiger partial charge in [-0.15, -0.1) is 0 Å². The van der Waals surface area contributed by atoms with Crippen LogP contribution in [0.1, 0.15) is 29.2 Å².